The summed E-state index contributed by atoms with van der Waals surface area (Å²) in [6.07, 6.45) is 1.27. The number of carbonyl (C=O) groups excluding carboxylic acids is 2. The lowest BCUT2D eigenvalue weighted by atomic mass is 10.3. The number of carbonyl (C=O) groups is 2. The first kappa shape index (κ1) is 16.3. The zero-order chi connectivity index (χ0) is 16.9. The number of hydrogen-bond donors (Lipinski definition) is 2. The summed E-state index contributed by atoms with van der Waals surface area (Å²) in [6, 6.07) is 17.5. The normalized spacial score (nSPS) is 14.0. The van der Waals surface area contributed by atoms with Gasteiger partial charge in [0.1, 0.15) is 5.70 Å². The third-order valence-corrected chi connectivity index (χ3v) is 4.54. The van der Waals surface area contributed by atoms with Crippen LogP contribution in [0.3, 0.4) is 0 Å². The maximum Gasteiger partial charge on any atom is 0.277 e. The van der Waals surface area contributed by atoms with E-state index in [1.165, 1.54) is 6.08 Å². The number of amides is 2. The van der Waals surface area contributed by atoms with Gasteiger partial charge in [-0.1, -0.05) is 42.1 Å². The van der Waals surface area contributed by atoms with Crippen LogP contribution in [-0.2, 0) is 9.59 Å². The van der Waals surface area contributed by atoms with E-state index >= 15 is 0 Å². The number of β-amino-alcohol motifs (C(OH)–C–C–N with tert-alkyl or cyclic N) is 1. The van der Waals surface area contributed by atoms with Crippen LogP contribution in [-0.4, -0.2) is 35.0 Å². The number of aliphatic hydroxyl groups excluding tert-OH is 1. The van der Waals surface area contributed by atoms with Crippen LogP contribution >= 0.6 is 11.8 Å². The molecule has 3 rings (SSSR count). The zero-order valence-electron chi connectivity index (χ0n) is 12.8. The van der Waals surface area contributed by atoms with Gasteiger partial charge in [-0.2, -0.15) is 0 Å². The third-order valence-electron chi connectivity index (χ3n) is 3.46. The monoisotopic (exact) mass is 340 g/mol. The lowest BCUT2D eigenvalue weighted by molar-refractivity contribution is -0.137. The first-order chi connectivity index (χ1) is 11.7. The summed E-state index contributed by atoms with van der Waals surface area (Å²) in [5.74, 6) is -0.835. The molecule has 0 spiro atoms. The van der Waals surface area contributed by atoms with E-state index in [-0.39, 0.29) is 18.8 Å². The average molecular weight is 340 g/mol. The van der Waals surface area contributed by atoms with Gasteiger partial charge in [-0.25, -0.2) is 0 Å². The Bertz CT molecular complexity index is 790. The fourth-order valence-electron chi connectivity index (χ4n) is 2.33. The van der Waals surface area contributed by atoms with E-state index in [4.69, 9.17) is 5.11 Å². The van der Waals surface area contributed by atoms with E-state index in [1.54, 1.807) is 11.8 Å². The minimum Gasteiger partial charge on any atom is -0.395 e. The highest BCUT2D eigenvalue weighted by atomic mass is 32.2. The van der Waals surface area contributed by atoms with E-state index in [2.05, 4.69) is 5.32 Å². The molecule has 1 aliphatic heterocycles. The first-order valence-electron chi connectivity index (χ1n) is 7.46. The van der Waals surface area contributed by atoms with Crippen molar-refractivity contribution in [2.24, 2.45) is 0 Å². The smallest absolute Gasteiger partial charge is 0.277 e. The molecule has 0 bridgehead atoms. The molecule has 2 aromatic rings. The Balaban J connectivity index is 1.80. The Morgan fingerprint density at radius 3 is 2.46 bits per heavy atom. The van der Waals surface area contributed by atoms with Gasteiger partial charge < -0.3 is 10.4 Å². The van der Waals surface area contributed by atoms with Crippen LogP contribution in [0.1, 0.15) is 0 Å². The summed E-state index contributed by atoms with van der Waals surface area (Å²) in [4.78, 5) is 27.1. The summed E-state index contributed by atoms with van der Waals surface area (Å²) >= 11 is 1.57. The predicted octanol–water partition coefficient (Wildman–Crippen LogP) is 2.49. The van der Waals surface area contributed by atoms with Gasteiger partial charge in [0.2, 0.25) is 0 Å². The van der Waals surface area contributed by atoms with Crippen molar-refractivity contribution >= 4 is 29.3 Å². The minimum atomic E-state index is -0.423. The number of rotatable bonds is 6. The molecular formula is C18H16N2O3S. The van der Waals surface area contributed by atoms with Gasteiger partial charge in [0.15, 0.2) is 0 Å². The predicted molar refractivity (Wildman–Crippen MR) is 92.5 cm³/mol. The number of benzene rings is 2. The van der Waals surface area contributed by atoms with Gasteiger partial charge in [0.05, 0.1) is 18.8 Å². The van der Waals surface area contributed by atoms with Crippen molar-refractivity contribution in [1.29, 1.82) is 0 Å². The number of para-hydroxylation sites is 1. The standard InChI is InChI=1S/C18H16N2O3S/c21-11-10-20-17(22)12-15(18(20)23)19-14-8-4-5-9-16(14)24-13-6-2-1-3-7-13/h1-9,12,19,21H,10-11H2. The molecule has 122 valence electrons. The van der Waals surface area contributed by atoms with Crippen LogP contribution in [0, 0.1) is 0 Å². The van der Waals surface area contributed by atoms with Crippen molar-refractivity contribution in [2.75, 3.05) is 18.5 Å². The second-order valence-electron chi connectivity index (χ2n) is 5.11. The molecule has 5 nitrogen and oxygen atoms in total. The third kappa shape index (κ3) is 3.50. The lowest BCUT2D eigenvalue weighted by Crippen LogP contribution is -2.34. The number of imide groups is 1. The van der Waals surface area contributed by atoms with E-state index in [0.717, 1.165) is 20.4 Å². The summed E-state index contributed by atoms with van der Waals surface area (Å²) in [6.45, 7) is -0.251. The van der Waals surface area contributed by atoms with Gasteiger partial charge in [-0.15, -0.1) is 0 Å². The second-order valence-corrected chi connectivity index (χ2v) is 6.23. The molecule has 2 amide bonds. The zero-order valence-corrected chi connectivity index (χ0v) is 13.6. The lowest BCUT2D eigenvalue weighted by Gasteiger charge is -2.15. The molecule has 1 aliphatic rings. The van der Waals surface area contributed by atoms with Crippen LogP contribution in [0.15, 0.2) is 76.2 Å². The van der Waals surface area contributed by atoms with Crippen molar-refractivity contribution in [3.63, 3.8) is 0 Å². The first-order valence-corrected chi connectivity index (χ1v) is 8.28. The van der Waals surface area contributed by atoms with Crippen LogP contribution < -0.4 is 5.32 Å². The molecule has 6 heteroatoms. The SMILES string of the molecule is O=C1C=C(Nc2ccccc2Sc2ccccc2)C(=O)N1CCO. The number of aliphatic hydroxyl groups is 1. The quantitative estimate of drug-likeness (QED) is 0.791. The van der Waals surface area contributed by atoms with E-state index in [1.807, 2.05) is 54.6 Å². The molecule has 24 heavy (non-hydrogen) atoms. The molecule has 0 aliphatic carbocycles. The minimum absolute atomic E-state index is 0.000239. The molecular weight excluding hydrogens is 324 g/mol. The molecule has 0 aromatic heterocycles. The fourth-order valence-corrected chi connectivity index (χ4v) is 3.25. The van der Waals surface area contributed by atoms with Gasteiger partial charge in [-0.05, 0) is 24.3 Å². The van der Waals surface area contributed by atoms with Gasteiger partial charge >= 0.3 is 0 Å². The van der Waals surface area contributed by atoms with E-state index < -0.39 is 11.8 Å². The maximum absolute atomic E-state index is 12.2. The molecule has 0 radical (unpaired) electrons. The Morgan fingerprint density at radius 2 is 1.71 bits per heavy atom. The van der Waals surface area contributed by atoms with Crippen LogP contribution in [0.25, 0.3) is 0 Å². The number of nitrogens with zero attached hydrogens (tertiary/aromatic N) is 1. The summed E-state index contributed by atoms with van der Waals surface area (Å²) in [5, 5.41) is 12.0. The largest absolute Gasteiger partial charge is 0.395 e. The molecule has 0 atom stereocenters. The molecule has 0 fully saturated rings. The summed E-state index contributed by atoms with van der Waals surface area (Å²) < 4.78 is 0. The topological polar surface area (TPSA) is 69.6 Å². The van der Waals surface area contributed by atoms with Crippen LogP contribution in [0.5, 0.6) is 0 Å². The Labute approximate surface area is 144 Å². The highest BCUT2D eigenvalue weighted by Gasteiger charge is 2.30. The van der Waals surface area contributed by atoms with Crippen molar-refractivity contribution in [3.8, 4) is 0 Å². The summed E-state index contributed by atoms with van der Waals surface area (Å²) in [7, 11) is 0. The number of hydrogen-bond acceptors (Lipinski definition) is 5. The molecule has 1 heterocycles. The second kappa shape index (κ2) is 7.33. The van der Waals surface area contributed by atoms with Crippen molar-refractivity contribution < 1.29 is 14.7 Å². The molecule has 0 saturated carbocycles. The van der Waals surface area contributed by atoms with Crippen LogP contribution in [0.4, 0.5) is 5.69 Å². The van der Waals surface area contributed by atoms with Crippen molar-refractivity contribution in [2.45, 2.75) is 9.79 Å². The molecule has 0 unspecified atom stereocenters. The number of nitrogens with one attached hydrogen (secondary N) is 1. The highest BCUT2D eigenvalue weighted by Crippen LogP contribution is 2.34. The van der Waals surface area contributed by atoms with Crippen molar-refractivity contribution in [3.05, 3.63) is 66.4 Å². The Hall–Kier alpha value is -2.57. The van der Waals surface area contributed by atoms with E-state index in [9.17, 15) is 9.59 Å². The van der Waals surface area contributed by atoms with Crippen LogP contribution in [0.2, 0.25) is 0 Å². The molecule has 2 aromatic carbocycles. The molecule has 0 saturated heterocycles. The van der Waals surface area contributed by atoms with E-state index in [0.29, 0.717) is 0 Å². The fraction of sp³-hybridized carbons (Fsp3) is 0.111. The van der Waals surface area contributed by atoms with Gasteiger partial charge in [0.25, 0.3) is 11.8 Å². The maximum atomic E-state index is 12.2. The molecule has 2 N–H and O–H groups in total. The van der Waals surface area contributed by atoms with Gasteiger partial charge in [-0.3, -0.25) is 14.5 Å². The van der Waals surface area contributed by atoms with Gasteiger partial charge in [0, 0.05) is 15.9 Å². The highest BCUT2D eigenvalue weighted by molar-refractivity contribution is 7.99. The Morgan fingerprint density at radius 1 is 1.00 bits per heavy atom. The number of anilines is 1. The van der Waals surface area contributed by atoms with Crippen molar-refractivity contribution in [1.82, 2.24) is 4.90 Å². The summed E-state index contributed by atoms with van der Waals surface area (Å²) in [5.41, 5.74) is 0.971. The Kier molecular flexibility index (Phi) is 4.98. The average Bonchev–Trinajstić information content (AvgIpc) is 2.85.